The highest BCUT2D eigenvalue weighted by Crippen LogP contribution is 2.69. The zero-order valence-electron chi connectivity index (χ0n) is 23.2. The number of carbonyl (C=O) groups is 2. The number of fused-ring (bicyclic) bond motifs is 9. The Morgan fingerprint density at radius 1 is 1.00 bits per heavy atom. The minimum atomic E-state index is -0.578. The molecule has 6 unspecified atom stereocenters. The van der Waals surface area contributed by atoms with Gasteiger partial charge in [-0.25, -0.2) is 4.39 Å². The molecular formula is C32H23ClFN3O6S2. The van der Waals surface area contributed by atoms with Gasteiger partial charge in [-0.3, -0.25) is 29.4 Å². The van der Waals surface area contributed by atoms with Gasteiger partial charge in [0, 0.05) is 38.8 Å². The predicted molar refractivity (Wildman–Crippen MR) is 166 cm³/mol. The number of nitrogens with one attached hydrogen (secondary N) is 1. The molecule has 4 aromatic rings. The number of nitrogens with zero attached hydrogens (tertiary/aromatic N) is 2. The third kappa shape index (κ3) is 4.44. The quantitative estimate of drug-likeness (QED) is 0.144. The number of halogens is 2. The van der Waals surface area contributed by atoms with Crippen molar-refractivity contribution in [2.45, 2.75) is 29.2 Å². The highest BCUT2D eigenvalue weighted by atomic mass is 35.5. The van der Waals surface area contributed by atoms with Crippen LogP contribution in [0.2, 0.25) is 5.02 Å². The molecule has 2 bridgehead atoms. The molecule has 1 saturated heterocycles. The Bertz CT molecular complexity index is 1950. The number of H-pyrrole nitrogens is 1. The Morgan fingerprint density at radius 2 is 1.71 bits per heavy atom. The first-order valence-electron chi connectivity index (χ1n) is 14.4. The highest BCUT2D eigenvalue weighted by molar-refractivity contribution is 8.00. The molecule has 45 heavy (non-hydrogen) atoms. The van der Waals surface area contributed by atoms with E-state index in [9.17, 15) is 28.9 Å². The monoisotopic (exact) mass is 663 g/mol. The van der Waals surface area contributed by atoms with E-state index < -0.39 is 28.5 Å². The van der Waals surface area contributed by atoms with E-state index in [0.29, 0.717) is 33.5 Å². The third-order valence-electron chi connectivity index (χ3n) is 9.66. The number of hydrogen-bond acceptors (Lipinski definition) is 8. The van der Waals surface area contributed by atoms with Crippen molar-refractivity contribution < 1.29 is 23.6 Å². The number of nitro groups is 1. The van der Waals surface area contributed by atoms with Crippen LogP contribution in [0, 0.1) is 45.5 Å². The lowest BCUT2D eigenvalue weighted by molar-refractivity contribution is -0.385. The lowest BCUT2D eigenvalue weighted by atomic mass is 9.68. The largest absolute Gasteiger partial charge is 0.489 e. The first-order valence-corrected chi connectivity index (χ1v) is 16.5. The van der Waals surface area contributed by atoms with Crippen molar-refractivity contribution >= 4 is 57.9 Å². The van der Waals surface area contributed by atoms with E-state index in [2.05, 4.69) is 4.98 Å². The summed E-state index contributed by atoms with van der Waals surface area (Å²) in [4.78, 5) is 56.6. The summed E-state index contributed by atoms with van der Waals surface area (Å²) < 4.78 is 20.0. The number of anilines is 1. The van der Waals surface area contributed by atoms with Crippen molar-refractivity contribution in [3.63, 3.8) is 0 Å². The maximum atomic E-state index is 14.0. The number of thiazole rings is 1. The fourth-order valence-corrected chi connectivity index (χ4v) is 11.0. The molecule has 0 radical (unpaired) electrons. The first-order chi connectivity index (χ1) is 21.7. The van der Waals surface area contributed by atoms with Crippen LogP contribution in [0.4, 0.5) is 15.8 Å². The summed E-state index contributed by atoms with van der Waals surface area (Å²) in [6.07, 6.45) is 0.651. The van der Waals surface area contributed by atoms with Gasteiger partial charge in [0.25, 0.3) is 5.69 Å². The zero-order chi connectivity index (χ0) is 31.1. The van der Waals surface area contributed by atoms with Crippen LogP contribution in [0.1, 0.15) is 28.3 Å². The van der Waals surface area contributed by atoms with Crippen LogP contribution in [0.3, 0.4) is 0 Å². The van der Waals surface area contributed by atoms with E-state index in [4.69, 9.17) is 16.3 Å². The highest BCUT2D eigenvalue weighted by Gasteiger charge is 2.70. The van der Waals surface area contributed by atoms with Gasteiger partial charge in [0.05, 0.1) is 27.5 Å². The Morgan fingerprint density at radius 3 is 2.42 bits per heavy atom. The number of hydrogen-bond donors (Lipinski definition) is 1. The zero-order valence-corrected chi connectivity index (χ0v) is 25.6. The molecule has 3 aromatic carbocycles. The summed E-state index contributed by atoms with van der Waals surface area (Å²) in [6.45, 7) is 0.185. The molecule has 8 rings (SSSR count). The molecular weight excluding hydrogens is 641 g/mol. The summed E-state index contributed by atoms with van der Waals surface area (Å²) in [7, 11) is 0. The summed E-state index contributed by atoms with van der Waals surface area (Å²) >= 11 is 8.63. The number of rotatable bonds is 6. The molecule has 3 heterocycles. The predicted octanol–water partition coefficient (Wildman–Crippen LogP) is 6.39. The van der Waals surface area contributed by atoms with Gasteiger partial charge in [0.15, 0.2) is 0 Å². The lowest BCUT2D eigenvalue weighted by Crippen LogP contribution is -2.42. The second kappa shape index (κ2) is 10.5. The van der Waals surface area contributed by atoms with Crippen molar-refractivity contribution in [1.82, 2.24) is 4.98 Å². The number of benzene rings is 3. The molecule has 13 heteroatoms. The van der Waals surface area contributed by atoms with Crippen molar-refractivity contribution in [3.8, 4) is 5.75 Å². The van der Waals surface area contributed by atoms with E-state index in [1.54, 1.807) is 18.2 Å². The minimum Gasteiger partial charge on any atom is -0.489 e. The van der Waals surface area contributed by atoms with Crippen molar-refractivity contribution in [2.24, 2.45) is 29.6 Å². The molecule has 228 valence electrons. The van der Waals surface area contributed by atoms with E-state index in [1.807, 2.05) is 12.1 Å². The Labute approximate surface area is 268 Å². The van der Waals surface area contributed by atoms with Gasteiger partial charge in [-0.2, -0.15) is 0 Å². The molecule has 1 N–H and O–H groups in total. The van der Waals surface area contributed by atoms with Crippen LogP contribution in [0.25, 0.3) is 0 Å². The van der Waals surface area contributed by atoms with E-state index in [1.165, 1.54) is 53.1 Å². The number of carbonyl (C=O) groups excluding carboxylic acids is 2. The van der Waals surface area contributed by atoms with Crippen molar-refractivity contribution in [2.75, 3.05) is 4.90 Å². The Hall–Kier alpha value is -4.00. The van der Waals surface area contributed by atoms with Gasteiger partial charge < -0.3 is 9.72 Å². The number of aromatic nitrogens is 1. The summed E-state index contributed by atoms with van der Waals surface area (Å²) in [5.41, 5.74) is 1.65. The standard InChI is InChI=1S/C32H23ClFN3O6S2/c33-15-3-1-14(2-4-15)13-43-22-10-9-18(37(41)42)11-19(22)23-24-20-12-21(27(24)44-29-28(23)45-32(40)35-29)26-25(20)30(38)36(31(26)39)17-7-5-16(34)6-8-17/h1-11,20-21,23-27H,12-13H2,(H,35,40)/t20?,21?,23-,24?,25?,26?,27?/m1/s1. The second-order valence-electron chi connectivity index (χ2n) is 11.8. The fraction of sp³-hybridized carbons (Fsp3) is 0.281. The number of imide groups is 1. The van der Waals surface area contributed by atoms with Crippen LogP contribution >= 0.6 is 34.7 Å². The van der Waals surface area contributed by atoms with Gasteiger partial charge in [-0.1, -0.05) is 35.1 Å². The number of ether oxygens (including phenoxy) is 1. The molecule has 2 saturated carbocycles. The minimum absolute atomic E-state index is 0.112. The van der Waals surface area contributed by atoms with Crippen LogP contribution in [0.15, 0.2) is 76.6 Å². The smallest absolute Gasteiger partial charge is 0.305 e. The molecule has 3 fully saturated rings. The summed E-state index contributed by atoms with van der Waals surface area (Å²) in [5, 5.41) is 13.1. The molecule has 9 nitrogen and oxygen atoms in total. The molecule has 2 aliphatic heterocycles. The molecule has 0 spiro atoms. The first kappa shape index (κ1) is 28.5. The topological polar surface area (TPSA) is 123 Å². The van der Waals surface area contributed by atoms with Gasteiger partial charge >= 0.3 is 4.87 Å². The van der Waals surface area contributed by atoms with Gasteiger partial charge in [-0.05, 0) is 72.2 Å². The molecule has 2 aliphatic carbocycles. The average molecular weight is 664 g/mol. The van der Waals surface area contributed by atoms with Gasteiger partial charge in [-0.15, -0.1) is 11.8 Å². The van der Waals surface area contributed by atoms with Crippen LogP contribution in [0.5, 0.6) is 5.75 Å². The average Bonchev–Trinajstić information content (AvgIpc) is 3.76. The fourth-order valence-electron chi connectivity index (χ4n) is 7.98. The number of thioether (sulfide) groups is 1. The summed E-state index contributed by atoms with van der Waals surface area (Å²) in [6, 6.07) is 17.0. The van der Waals surface area contributed by atoms with E-state index in [-0.39, 0.29) is 52.0 Å². The molecule has 7 atom stereocenters. The van der Waals surface area contributed by atoms with Gasteiger partial charge in [0.1, 0.15) is 18.2 Å². The third-order valence-corrected chi connectivity index (χ3v) is 12.5. The van der Waals surface area contributed by atoms with Crippen LogP contribution in [-0.2, 0) is 16.2 Å². The number of aromatic amines is 1. The molecule has 1 aromatic heterocycles. The number of non-ortho nitro benzene ring substituents is 1. The van der Waals surface area contributed by atoms with Crippen LogP contribution in [-0.4, -0.2) is 27.0 Å². The number of nitro benzene ring substituents is 1. The van der Waals surface area contributed by atoms with E-state index >= 15 is 0 Å². The second-order valence-corrected chi connectivity index (χ2v) is 14.5. The molecule has 2 amide bonds. The van der Waals surface area contributed by atoms with Gasteiger partial charge in [0.2, 0.25) is 11.8 Å². The summed E-state index contributed by atoms with van der Waals surface area (Å²) in [5.74, 6) is -2.74. The maximum Gasteiger partial charge on any atom is 0.305 e. The van der Waals surface area contributed by atoms with E-state index in [0.717, 1.165) is 21.8 Å². The van der Waals surface area contributed by atoms with Crippen molar-refractivity contribution in [1.29, 1.82) is 0 Å². The Kier molecular flexibility index (Phi) is 6.66. The Balaban J connectivity index is 1.22. The number of amides is 2. The molecule has 4 aliphatic rings. The lowest BCUT2D eigenvalue weighted by Gasteiger charge is -2.43. The van der Waals surface area contributed by atoms with Crippen LogP contribution < -0.4 is 14.5 Å². The normalized spacial score (nSPS) is 27.8. The van der Waals surface area contributed by atoms with Crippen molar-refractivity contribution in [3.05, 3.63) is 113 Å². The SMILES string of the molecule is O=C1C2C3CC(C2C(=O)N1c1ccc(F)cc1)C1C3Sc2[nH]c(=O)sc2[C@@H]1c1cc([N+](=O)[O-])ccc1OCc1ccc(Cl)cc1. The maximum absolute atomic E-state index is 14.0.